The first-order valence-corrected chi connectivity index (χ1v) is 6.33. The van der Waals surface area contributed by atoms with Crippen LogP contribution in [0.15, 0.2) is 4.52 Å². The van der Waals surface area contributed by atoms with Gasteiger partial charge >= 0.3 is 5.97 Å². The van der Waals surface area contributed by atoms with E-state index in [1.54, 1.807) is 18.7 Å². The number of esters is 1. The highest BCUT2D eigenvalue weighted by Crippen LogP contribution is 2.26. The highest BCUT2D eigenvalue weighted by Gasteiger charge is 2.35. The molecule has 1 aliphatic heterocycles. The molecule has 0 aromatic carbocycles. The van der Waals surface area contributed by atoms with Gasteiger partial charge in [0.15, 0.2) is 5.82 Å². The number of hydrogen-bond donors (Lipinski definition) is 0. The first kappa shape index (κ1) is 13.5. The first-order valence-electron chi connectivity index (χ1n) is 6.33. The van der Waals surface area contributed by atoms with Gasteiger partial charge in [-0.3, -0.25) is 9.59 Å². The second kappa shape index (κ2) is 5.81. The normalized spacial score (nSPS) is 15.2. The van der Waals surface area contributed by atoms with E-state index in [1.807, 2.05) is 0 Å². The zero-order valence-electron chi connectivity index (χ0n) is 11.1. The van der Waals surface area contributed by atoms with Gasteiger partial charge in [-0.25, -0.2) is 0 Å². The Morgan fingerprint density at radius 1 is 1.42 bits per heavy atom. The van der Waals surface area contributed by atoms with Gasteiger partial charge in [-0.05, 0) is 13.8 Å². The summed E-state index contributed by atoms with van der Waals surface area (Å²) < 4.78 is 9.83. The lowest BCUT2D eigenvalue weighted by atomic mass is 9.99. The molecule has 0 aliphatic carbocycles. The standard InChI is InChI=1S/C12H17N3O4/c1-3-18-11(17)5-4-10(16)15-6-9(7-15)12-13-8(2)14-19-12/h9H,3-7H2,1-2H3. The Morgan fingerprint density at radius 3 is 2.74 bits per heavy atom. The molecule has 0 atom stereocenters. The topological polar surface area (TPSA) is 85.5 Å². The largest absolute Gasteiger partial charge is 0.466 e. The number of likely N-dealkylation sites (tertiary alicyclic amines) is 1. The molecule has 0 bridgehead atoms. The summed E-state index contributed by atoms with van der Waals surface area (Å²) in [7, 11) is 0. The average molecular weight is 267 g/mol. The van der Waals surface area contributed by atoms with Crippen molar-refractivity contribution < 1.29 is 18.8 Å². The molecule has 7 heteroatoms. The number of aromatic nitrogens is 2. The number of carbonyl (C=O) groups is 2. The van der Waals surface area contributed by atoms with Gasteiger partial charge in [0, 0.05) is 19.5 Å². The number of amides is 1. The molecule has 2 rings (SSSR count). The molecule has 19 heavy (non-hydrogen) atoms. The third kappa shape index (κ3) is 3.30. The maximum Gasteiger partial charge on any atom is 0.306 e. The van der Waals surface area contributed by atoms with Crippen molar-refractivity contribution in [1.82, 2.24) is 15.0 Å². The van der Waals surface area contributed by atoms with Crippen LogP contribution in [-0.2, 0) is 14.3 Å². The number of aryl methyl sites for hydroxylation is 1. The predicted octanol–water partition coefficient (Wildman–Crippen LogP) is 0.647. The van der Waals surface area contributed by atoms with E-state index in [4.69, 9.17) is 9.26 Å². The minimum Gasteiger partial charge on any atom is -0.466 e. The minimum atomic E-state index is -0.333. The molecule has 104 valence electrons. The third-order valence-electron chi connectivity index (χ3n) is 2.98. The molecule has 0 radical (unpaired) electrons. The highest BCUT2D eigenvalue weighted by molar-refractivity contribution is 5.82. The van der Waals surface area contributed by atoms with Crippen LogP contribution >= 0.6 is 0 Å². The summed E-state index contributed by atoms with van der Waals surface area (Å²) in [6, 6.07) is 0. The molecule has 2 heterocycles. The van der Waals surface area contributed by atoms with Crippen molar-refractivity contribution in [3.63, 3.8) is 0 Å². The lowest BCUT2D eigenvalue weighted by Gasteiger charge is -2.37. The summed E-state index contributed by atoms with van der Waals surface area (Å²) >= 11 is 0. The fourth-order valence-electron chi connectivity index (χ4n) is 1.92. The van der Waals surface area contributed by atoms with Gasteiger partial charge in [0.2, 0.25) is 11.8 Å². The molecule has 1 fully saturated rings. The van der Waals surface area contributed by atoms with Crippen LogP contribution < -0.4 is 0 Å². The summed E-state index contributed by atoms with van der Waals surface area (Å²) in [5, 5.41) is 3.72. The lowest BCUT2D eigenvalue weighted by molar-refractivity contribution is -0.146. The third-order valence-corrected chi connectivity index (χ3v) is 2.98. The van der Waals surface area contributed by atoms with E-state index in [9.17, 15) is 9.59 Å². The second-order valence-corrected chi connectivity index (χ2v) is 4.48. The first-order chi connectivity index (χ1) is 9.10. The van der Waals surface area contributed by atoms with Crippen LogP contribution in [0.4, 0.5) is 0 Å². The van der Waals surface area contributed by atoms with Crippen molar-refractivity contribution in [1.29, 1.82) is 0 Å². The SMILES string of the molecule is CCOC(=O)CCC(=O)N1CC(c2nc(C)no2)C1. The van der Waals surface area contributed by atoms with Gasteiger partial charge in [-0.15, -0.1) is 0 Å². The van der Waals surface area contributed by atoms with Crippen molar-refractivity contribution >= 4 is 11.9 Å². The van der Waals surface area contributed by atoms with Crippen LogP contribution in [0.5, 0.6) is 0 Å². The number of nitrogens with zero attached hydrogens (tertiary/aromatic N) is 3. The molecule has 1 aliphatic rings. The fourth-order valence-corrected chi connectivity index (χ4v) is 1.92. The maximum atomic E-state index is 11.8. The number of hydrogen-bond acceptors (Lipinski definition) is 6. The van der Waals surface area contributed by atoms with Gasteiger partial charge in [-0.1, -0.05) is 5.16 Å². The van der Waals surface area contributed by atoms with Crippen molar-refractivity contribution in [2.45, 2.75) is 32.6 Å². The molecule has 0 spiro atoms. The molecule has 1 amide bonds. The fraction of sp³-hybridized carbons (Fsp3) is 0.667. The van der Waals surface area contributed by atoms with E-state index in [1.165, 1.54) is 0 Å². The molecule has 1 saturated heterocycles. The van der Waals surface area contributed by atoms with Gasteiger partial charge in [-0.2, -0.15) is 4.98 Å². The van der Waals surface area contributed by atoms with Gasteiger partial charge in [0.05, 0.1) is 18.9 Å². The average Bonchev–Trinajstić information content (AvgIpc) is 2.71. The maximum absolute atomic E-state index is 11.8. The molecular weight excluding hydrogens is 250 g/mol. The van der Waals surface area contributed by atoms with Crippen molar-refractivity contribution in [2.75, 3.05) is 19.7 Å². The van der Waals surface area contributed by atoms with Crippen LogP contribution in [0.3, 0.4) is 0 Å². The van der Waals surface area contributed by atoms with Crippen molar-refractivity contribution in [2.24, 2.45) is 0 Å². The number of ether oxygens (including phenoxy) is 1. The van der Waals surface area contributed by atoms with Crippen LogP contribution in [0.25, 0.3) is 0 Å². The van der Waals surface area contributed by atoms with Crippen molar-refractivity contribution in [3.8, 4) is 0 Å². The van der Waals surface area contributed by atoms with E-state index in [2.05, 4.69) is 10.1 Å². The zero-order chi connectivity index (χ0) is 13.8. The van der Waals surface area contributed by atoms with Crippen LogP contribution in [-0.4, -0.2) is 46.6 Å². The molecule has 7 nitrogen and oxygen atoms in total. The minimum absolute atomic E-state index is 0.0412. The van der Waals surface area contributed by atoms with E-state index < -0.39 is 0 Å². The summed E-state index contributed by atoms with van der Waals surface area (Å²) in [6.07, 6.45) is 0.321. The lowest BCUT2D eigenvalue weighted by Crippen LogP contribution is -2.48. The Bertz CT molecular complexity index is 465. The smallest absolute Gasteiger partial charge is 0.306 e. The summed E-state index contributed by atoms with van der Waals surface area (Å²) in [4.78, 5) is 28.7. The number of carbonyl (C=O) groups excluding carboxylic acids is 2. The van der Waals surface area contributed by atoms with Crippen molar-refractivity contribution in [3.05, 3.63) is 11.7 Å². The predicted molar refractivity (Wildman–Crippen MR) is 64.2 cm³/mol. The quantitative estimate of drug-likeness (QED) is 0.728. The molecule has 0 N–H and O–H groups in total. The van der Waals surface area contributed by atoms with E-state index in [0.29, 0.717) is 31.4 Å². The zero-order valence-corrected chi connectivity index (χ0v) is 11.1. The molecular formula is C12H17N3O4. The Kier molecular flexibility index (Phi) is 4.13. The monoisotopic (exact) mass is 267 g/mol. The van der Waals surface area contributed by atoms with Gasteiger partial charge in [0.1, 0.15) is 0 Å². The van der Waals surface area contributed by atoms with E-state index in [-0.39, 0.29) is 30.6 Å². The Labute approximate surface area is 110 Å². The molecule has 0 saturated carbocycles. The summed E-state index contributed by atoms with van der Waals surface area (Å²) in [5.41, 5.74) is 0. The Morgan fingerprint density at radius 2 is 2.16 bits per heavy atom. The Hall–Kier alpha value is -1.92. The Balaban J connectivity index is 1.71. The van der Waals surface area contributed by atoms with Crippen LogP contribution in [0.2, 0.25) is 0 Å². The van der Waals surface area contributed by atoms with Crippen LogP contribution in [0.1, 0.15) is 37.4 Å². The number of rotatable bonds is 5. The molecule has 1 aromatic rings. The molecule has 1 aromatic heterocycles. The van der Waals surface area contributed by atoms with E-state index in [0.717, 1.165) is 0 Å². The second-order valence-electron chi connectivity index (χ2n) is 4.48. The highest BCUT2D eigenvalue weighted by atomic mass is 16.5. The van der Waals surface area contributed by atoms with E-state index >= 15 is 0 Å². The summed E-state index contributed by atoms with van der Waals surface area (Å²) in [5.74, 6) is 0.919. The van der Waals surface area contributed by atoms with Crippen LogP contribution in [0, 0.1) is 6.92 Å². The summed E-state index contributed by atoms with van der Waals surface area (Å²) in [6.45, 7) is 4.99. The van der Waals surface area contributed by atoms with Gasteiger partial charge in [0.25, 0.3) is 0 Å². The molecule has 0 unspecified atom stereocenters. The van der Waals surface area contributed by atoms with Gasteiger partial charge < -0.3 is 14.2 Å².